The van der Waals surface area contributed by atoms with Gasteiger partial charge < -0.3 is 20.9 Å². The van der Waals surface area contributed by atoms with E-state index < -0.39 is 0 Å². The number of nitrogens with one attached hydrogen (secondary N) is 3. The first-order valence-corrected chi connectivity index (χ1v) is 9.28. The van der Waals surface area contributed by atoms with E-state index in [1.54, 1.807) is 0 Å². The summed E-state index contributed by atoms with van der Waals surface area (Å²) in [5, 5.41) is 10.1. The zero-order chi connectivity index (χ0) is 16.3. The molecule has 4 unspecified atom stereocenters. The fourth-order valence-electron chi connectivity index (χ4n) is 5.19. The summed E-state index contributed by atoms with van der Waals surface area (Å²) in [6, 6.07) is 10.4. The molecule has 1 saturated carbocycles. The Morgan fingerprint density at radius 2 is 1.96 bits per heavy atom. The molecule has 1 aliphatic carbocycles. The van der Waals surface area contributed by atoms with Crippen LogP contribution in [0.2, 0.25) is 0 Å². The largest absolute Gasteiger partial charge is 0.377 e. The van der Waals surface area contributed by atoms with Crippen molar-refractivity contribution in [2.24, 2.45) is 0 Å². The van der Waals surface area contributed by atoms with Gasteiger partial charge in [-0.25, -0.2) is 4.79 Å². The number of para-hydroxylation sites is 1. The van der Waals surface area contributed by atoms with Crippen LogP contribution in [0.5, 0.6) is 0 Å². The van der Waals surface area contributed by atoms with Crippen molar-refractivity contribution in [2.45, 2.75) is 68.2 Å². The van der Waals surface area contributed by atoms with Crippen LogP contribution in [0, 0.1) is 0 Å². The molecule has 2 bridgehead atoms. The first-order chi connectivity index (χ1) is 11.6. The Hall–Kier alpha value is -1.75. The number of nitrogens with zero attached hydrogens (tertiary/aromatic N) is 1. The molecule has 1 spiro atoms. The van der Waals surface area contributed by atoms with Crippen molar-refractivity contribution in [2.75, 3.05) is 12.4 Å². The molecule has 3 N–H and O–H groups in total. The highest BCUT2D eigenvalue weighted by molar-refractivity contribution is 5.76. The van der Waals surface area contributed by atoms with E-state index in [1.807, 2.05) is 0 Å². The number of piperidine rings is 1. The third-order valence-electron chi connectivity index (χ3n) is 6.72. The second-order valence-electron chi connectivity index (χ2n) is 8.21. The van der Waals surface area contributed by atoms with E-state index in [2.05, 4.69) is 52.2 Å². The average molecular weight is 326 g/mol. The van der Waals surface area contributed by atoms with Gasteiger partial charge >= 0.3 is 6.03 Å². The van der Waals surface area contributed by atoms with E-state index in [0.29, 0.717) is 18.1 Å². The number of benzene rings is 1. The summed E-state index contributed by atoms with van der Waals surface area (Å²) in [7, 11) is 2.23. The van der Waals surface area contributed by atoms with E-state index >= 15 is 0 Å². The normalized spacial score (nSPS) is 39.4. The number of carbonyl (C=O) groups is 1. The van der Waals surface area contributed by atoms with Gasteiger partial charge in [0, 0.05) is 23.8 Å². The number of hydrogen-bond acceptors (Lipinski definition) is 3. The lowest BCUT2D eigenvalue weighted by atomic mass is 9.98. The SMILES string of the molecule is CN1C2CCC1CC(NC(=O)NC1CC13Cc1ccccc1N3)C2. The fraction of sp³-hybridized carbons (Fsp3) is 0.632. The molecular weight excluding hydrogens is 300 g/mol. The summed E-state index contributed by atoms with van der Waals surface area (Å²) in [6.07, 6.45) is 6.81. The van der Waals surface area contributed by atoms with Crippen LogP contribution in [0.4, 0.5) is 10.5 Å². The van der Waals surface area contributed by atoms with Crippen LogP contribution < -0.4 is 16.0 Å². The molecule has 2 amide bonds. The van der Waals surface area contributed by atoms with Crippen molar-refractivity contribution in [1.82, 2.24) is 15.5 Å². The van der Waals surface area contributed by atoms with Crippen LogP contribution in [0.25, 0.3) is 0 Å². The van der Waals surface area contributed by atoms with Crippen molar-refractivity contribution >= 4 is 11.7 Å². The minimum atomic E-state index is 0.0172. The minimum Gasteiger partial charge on any atom is -0.377 e. The van der Waals surface area contributed by atoms with E-state index in [0.717, 1.165) is 25.7 Å². The van der Waals surface area contributed by atoms with Crippen LogP contribution >= 0.6 is 0 Å². The Bertz CT molecular complexity index is 636. The number of urea groups is 1. The maximum atomic E-state index is 12.4. The lowest BCUT2D eigenvalue weighted by Gasteiger charge is -2.36. The van der Waals surface area contributed by atoms with E-state index in [-0.39, 0.29) is 17.6 Å². The van der Waals surface area contributed by atoms with Gasteiger partial charge in [-0.15, -0.1) is 0 Å². The van der Waals surface area contributed by atoms with Crippen LogP contribution in [0.15, 0.2) is 24.3 Å². The van der Waals surface area contributed by atoms with Crippen LogP contribution in [-0.4, -0.2) is 47.7 Å². The van der Waals surface area contributed by atoms with Crippen molar-refractivity contribution in [3.8, 4) is 0 Å². The molecule has 1 aromatic rings. The summed E-state index contributed by atoms with van der Waals surface area (Å²) in [4.78, 5) is 14.9. The summed E-state index contributed by atoms with van der Waals surface area (Å²) < 4.78 is 0. The second-order valence-corrected chi connectivity index (χ2v) is 8.21. The molecule has 0 aromatic heterocycles. The predicted octanol–water partition coefficient (Wildman–Crippen LogP) is 2.09. The van der Waals surface area contributed by atoms with E-state index in [9.17, 15) is 4.79 Å². The Kier molecular flexibility index (Phi) is 3.11. The molecule has 5 heteroatoms. The lowest BCUT2D eigenvalue weighted by Crippen LogP contribution is -2.52. The fourth-order valence-corrected chi connectivity index (χ4v) is 5.19. The first kappa shape index (κ1) is 14.6. The molecule has 24 heavy (non-hydrogen) atoms. The number of anilines is 1. The molecule has 2 saturated heterocycles. The lowest BCUT2D eigenvalue weighted by molar-refractivity contribution is 0.149. The predicted molar refractivity (Wildman–Crippen MR) is 94.2 cm³/mol. The third-order valence-corrected chi connectivity index (χ3v) is 6.72. The van der Waals surface area contributed by atoms with E-state index in [1.165, 1.54) is 24.1 Å². The number of fused-ring (bicyclic) bond motifs is 3. The Morgan fingerprint density at radius 1 is 1.21 bits per heavy atom. The summed E-state index contributed by atoms with van der Waals surface area (Å²) >= 11 is 0. The maximum absolute atomic E-state index is 12.4. The van der Waals surface area contributed by atoms with Gasteiger partial charge in [-0.05, 0) is 57.2 Å². The van der Waals surface area contributed by atoms with Crippen LogP contribution in [0.3, 0.4) is 0 Å². The zero-order valence-electron chi connectivity index (χ0n) is 14.2. The molecule has 5 nitrogen and oxygen atoms in total. The molecule has 4 aliphatic rings. The summed E-state index contributed by atoms with van der Waals surface area (Å²) in [5.74, 6) is 0. The Labute approximate surface area is 143 Å². The smallest absolute Gasteiger partial charge is 0.315 e. The van der Waals surface area contributed by atoms with Gasteiger partial charge in [0.2, 0.25) is 0 Å². The monoisotopic (exact) mass is 326 g/mol. The van der Waals surface area contributed by atoms with E-state index in [4.69, 9.17) is 0 Å². The number of hydrogen-bond donors (Lipinski definition) is 3. The molecule has 3 fully saturated rings. The zero-order valence-corrected chi connectivity index (χ0v) is 14.2. The quantitative estimate of drug-likeness (QED) is 0.780. The first-order valence-electron chi connectivity index (χ1n) is 9.28. The molecular formula is C19H26N4O. The summed E-state index contributed by atoms with van der Waals surface area (Å²) in [5.41, 5.74) is 2.66. The van der Waals surface area contributed by atoms with Gasteiger partial charge in [-0.2, -0.15) is 0 Å². The van der Waals surface area contributed by atoms with Crippen molar-refractivity contribution in [3.63, 3.8) is 0 Å². The molecule has 128 valence electrons. The highest BCUT2D eigenvalue weighted by atomic mass is 16.2. The van der Waals surface area contributed by atoms with Crippen molar-refractivity contribution in [1.29, 1.82) is 0 Å². The van der Waals surface area contributed by atoms with Gasteiger partial charge in [0.1, 0.15) is 0 Å². The number of rotatable bonds is 2. The van der Waals surface area contributed by atoms with Crippen LogP contribution in [-0.2, 0) is 6.42 Å². The molecule has 1 aromatic carbocycles. The Balaban J connectivity index is 1.16. The van der Waals surface area contributed by atoms with Crippen molar-refractivity contribution in [3.05, 3.63) is 29.8 Å². The van der Waals surface area contributed by atoms with Gasteiger partial charge in [-0.1, -0.05) is 18.2 Å². The van der Waals surface area contributed by atoms with Crippen LogP contribution in [0.1, 0.15) is 37.7 Å². The standard InChI is InChI=1S/C19H26N4O/c1-23-14-6-7-15(23)9-13(8-14)20-18(24)21-17-11-19(17)10-12-4-2-3-5-16(12)22-19/h2-5,13-15,17,22H,6-11H2,1H3,(H2,20,21,24). The minimum absolute atomic E-state index is 0.0172. The number of carbonyl (C=O) groups excluding carboxylic acids is 1. The topological polar surface area (TPSA) is 56.4 Å². The highest BCUT2D eigenvalue weighted by Gasteiger charge is 2.58. The van der Waals surface area contributed by atoms with Gasteiger partial charge in [0.05, 0.1) is 11.6 Å². The molecule has 3 aliphatic heterocycles. The molecule has 5 rings (SSSR count). The molecule has 0 radical (unpaired) electrons. The van der Waals surface area contributed by atoms with Gasteiger partial charge in [0.25, 0.3) is 0 Å². The Morgan fingerprint density at radius 3 is 2.71 bits per heavy atom. The molecule has 4 atom stereocenters. The summed E-state index contributed by atoms with van der Waals surface area (Å²) in [6.45, 7) is 0. The highest BCUT2D eigenvalue weighted by Crippen LogP contribution is 2.48. The van der Waals surface area contributed by atoms with Gasteiger partial charge in [-0.3, -0.25) is 0 Å². The van der Waals surface area contributed by atoms with Crippen molar-refractivity contribution < 1.29 is 4.79 Å². The molecule has 3 heterocycles. The maximum Gasteiger partial charge on any atom is 0.315 e. The third kappa shape index (κ3) is 2.29. The average Bonchev–Trinajstić information content (AvgIpc) is 2.96. The second kappa shape index (κ2) is 5.12. The number of amides is 2. The van der Waals surface area contributed by atoms with Gasteiger partial charge in [0.15, 0.2) is 0 Å².